The number of aliphatic carboxylic acids is 1. The van der Waals surface area contributed by atoms with Gasteiger partial charge in [0, 0.05) is 17.8 Å². The number of hydrogen-bond donors (Lipinski definition) is 1. The van der Waals surface area contributed by atoms with Crippen molar-refractivity contribution in [1.82, 2.24) is 9.97 Å². The summed E-state index contributed by atoms with van der Waals surface area (Å²) >= 11 is 0. The molecule has 0 saturated heterocycles. The van der Waals surface area contributed by atoms with E-state index in [0.29, 0.717) is 0 Å². The molecule has 2 aromatic heterocycles. The summed E-state index contributed by atoms with van der Waals surface area (Å²) in [5, 5.41) is 10.1. The predicted molar refractivity (Wildman–Crippen MR) is 64.8 cm³/mol. The van der Waals surface area contributed by atoms with Crippen molar-refractivity contribution >= 4 is 16.9 Å². The molecule has 0 aliphatic carbocycles. The lowest BCUT2D eigenvalue weighted by Crippen LogP contribution is -2.17. The zero-order chi connectivity index (χ0) is 12.4. The van der Waals surface area contributed by atoms with Gasteiger partial charge in [0.05, 0.1) is 17.6 Å². The summed E-state index contributed by atoms with van der Waals surface area (Å²) < 4.78 is 0. The van der Waals surface area contributed by atoms with Crippen LogP contribution in [0, 0.1) is 5.92 Å². The number of carboxylic acid groups (broad SMARTS) is 1. The van der Waals surface area contributed by atoms with Gasteiger partial charge in [-0.2, -0.15) is 0 Å². The Labute approximate surface area is 99.3 Å². The summed E-state index contributed by atoms with van der Waals surface area (Å²) in [6, 6.07) is 3.72. The first-order valence-corrected chi connectivity index (χ1v) is 5.52. The molecule has 0 aliphatic heterocycles. The molecule has 0 spiro atoms. The highest BCUT2D eigenvalue weighted by atomic mass is 16.4. The molecule has 1 atom stereocenters. The van der Waals surface area contributed by atoms with E-state index >= 15 is 0 Å². The molecule has 88 valence electrons. The Balaban J connectivity index is 2.51. The van der Waals surface area contributed by atoms with Crippen LogP contribution in [-0.2, 0) is 4.79 Å². The first kappa shape index (κ1) is 11.5. The van der Waals surface area contributed by atoms with Crippen LogP contribution in [0.3, 0.4) is 0 Å². The van der Waals surface area contributed by atoms with Crippen molar-refractivity contribution in [3.05, 3.63) is 36.3 Å². The average molecular weight is 230 g/mol. The molecule has 2 rings (SSSR count). The van der Waals surface area contributed by atoms with Crippen LogP contribution in [0.1, 0.15) is 25.3 Å². The molecule has 0 fully saturated rings. The van der Waals surface area contributed by atoms with Crippen LogP contribution in [0.4, 0.5) is 0 Å². The Morgan fingerprint density at radius 3 is 2.76 bits per heavy atom. The standard InChI is InChI=1S/C13H14N2O2/c1-8(2)12(13(16)17)10-5-9-3-4-14-7-11(9)15-6-10/h3-8,12H,1-2H3,(H,16,17). The highest BCUT2D eigenvalue weighted by Crippen LogP contribution is 2.26. The van der Waals surface area contributed by atoms with Gasteiger partial charge >= 0.3 is 5.97 Å². The maximum Gasteiger partial charge on any atom is 0.311 e. The van der Waals surface area contributed by atoms with E-state index in [1.54, 1.807) is 18.6 Å². The number of nitrogens with zero attached hydrogens (tertiary/aromatic N) is 2. The predicted octanol–water partition coefficient (Wildman–Crippen LogP) is 2.45. The van der Waals surface area contributed by atoms with Gasteiger partial charge in [-0.25, -0.2) is 0 Å². The summed E-state index contributed by atoms with van der Waals surface area (Å²) in [6.45, 7) is 3.80. The minimum absolute atomic E-state index is 0.0357. The van der Waals surface area contributed by atoms with E-state index in [1.807, 2.05) is 26.0 Å². The summed E-state index contributed by atoms with van der Waals surface area (Å²) in [6.07, 6.45) is 4.98. The third-order valence-corrected chi connectivity index (χ3v) is 2.80. The van der Waals surface area contributed by atoms with Gasteiger partial charge in [0.1, 0.15) is 0 Å². The summed E-state index contributed by atoms with van der Waals surface area (Å²) in [7, 11) is 0. The van der Waals surface area contributed by atoms with Crippen molar-refractivity contribution in [3.63, 3.8) is 0 Å². The number of carbonyl (C=O) groups is 1. The molecule has 1 unspecified atom stereocenters. The number of pyridine rings is 2. The highest BCUT2D eigenvalue weighted by Gasteiger charge is 2.23. The van der Waals surface area contributed by atoms with Gasteiger partial charge in [-0.05, 0) is 23.6 Å². The number of aromatic nitrogens is 2. The Morgan fingerprint density at radius 2 is 2.12 bits per heavy atom. The van der Waals surface area contributed by atoms with Crippen LogP contribution >= 0.6 is 0 Å². The Hall–Kier alpha value is -1.97. The van der Waals surface area contributed by atoms with Crippen molar-refractivity contribution < 1.29 is 9.90 Å². The number of rotatable bonds is 3. The van der Waals surface area contributed by atoms with Crippen LogP contribution in [0.2, 0.25) is 0 Å². The quantitative estimate of drug-likeness (QED) is 0.879. The molecule has 0 bridgehead atoms. The summed E-state index contributed by atoms with van der Waals surface area (Å²) in [5.74, 6) is -1.29. The van der Waals surface area contributed by atoms with Crippen LogP contribution in [0.5, 0.6) is 0 Å². The van der Waals surface area contributed by atoms with E-state index in [9.17, 15) is 9.90 Å². The molecule has 0 amide bonds. The molecule has 17 heavy (non-hydrogen) atoms. The first-order chi connectivity index (χ1) is 8.09. The molecule has 4 heteroatoms. The van der Waals surface area contributed by atoms with Crippen LogP contribution in [0.25, 0.3) is 10.9 Å². The van der Waals surface area contributed by atoms with Crippen molar-refractivity contribution in [2.75, 3.05) is 0 Å². The second-order valence-electron chi connectivity index (χ2n) is 4.40. The maximum absolute atomic E-state index is 11.2. The molecule has 0 radical (unpaired) electrons. The van der Waals surface area contributed by atoms with E-state index < -0.39 is 11.9 Å². The molecule has 2 aromatic rings. The molecular formula is C13H14N2O2. The minimum atomic E-state index is -0.810. The molecule has 2 heterocycles. The zero-order valence-electron chi connectivity index (χ0n) is 9.79. The fraction of sp³-hybridized carbons (Fsp3) is 0.308. The fourth-order valence-electron chi connectivity index (χ4n) is 1.97. The van der Waals surface area contributed by atoms with Crippen molar-refractivity contribution in [1.29, 1.82) is 0 Å². The largest absolute Gasteiger partial charge is 0.481 e. The third kappa shape index (κ3) is 2.25. The normalized spacial score (nSPS) is 12.9. The highest BCUT2D eigenvalue weighted by molar-refractivity contribution is 5.81. The Morgan fingerprint density at radius 1 is 1.35 bits per heavy atom. The Kier molecular flexibility index (Phi) is 3.04. The van der Waals surface area contributed by atoms with Crippen molar-refractivity contribution in [3.8, 4) is 0 Å². The Bertz CT molecular complexity index is 552. The molecular weight excluding hydrogens is 216 g/mol. The van der Waals surface area contributed by atoms with Crippen LogP contribution in [-0.4, -0.2) is 21.0 Å². The number of hydrogen-bond acceptors (Lipinski definition) is 3. The second kappa shape index (κ2) is 4.49. The maximum atomic E-state index is 11.2. The lowest BCUT2D eigenvalue weighted by molar-refractivity contribution is -0.139. The zero-order valence-corrected chi connectivity index (χ0v) is 9.79. The minimum Gasteiger partial charge on any atom is -0.481 e. The van der Waals surface area contributed by atoms with E-state index in [4.69, 9.17) is 0 Å². The lowest BCUT2D eigenvalue weighted by atomic mass is 9.89. The first-order valence-electron chi connectivity index (χ1n) is 5.52. The van der Waals surface area contributed by atoms with Gasteiger partial charge in [-0.3, -0.25) is 14.8 Å². The SMILES string of the molecule is CC(C)C(C(=O)O)c1cnc2cnccc2c1. The molecule has 0 aromatic carbocycles. The smallest absolute Gasteiger partial charge is 0.311 e. The fourth-order valence-corrected chi connectivity index (χ4v) is 1.97. The monoisotopic (exact) mass is 230 g/mol. The topological polar surface area (TPSA) is 63.1 Å². The van der Waals surface area contributed by atoms with Gasteiger partial charge in [0.15, 0.2) is 0 Å². The van der Waals surface area contributed by atoms with Crippen molar-refractivity contribution in [2.24, 2.45) is 5.92 Å². The molecule has 0 saturated carbocycles. The van der Waals surface area contributed by atoms with Gasteiger partial charge in [0.25, 0.3) is 0 Å². The van der Waals surface area contributed by atoms with Crippen LogP contribution < -0.4 is 0 Å². The van der Waals surface area contributed by atoms with E-state index in [1.165, 1.54) is 0 Å². The average Bonchev–Trinajstić information content (AvgIpc) is 2.28. The second-order valence-corrected chi connectivity index (χ2v) is 4.40. The van der Waals surface area contributed by atoms with Gasteiger partial charge < -0.3 is 5.11 Å². The summed E-state index contributed by atoms with van der Waals surface area (Å²) in [4.78, 5) is 19.5. The van der Waals surface area contributed by atoms with Crippen LogP contribution in [0.15, 0.2) is 30.7 Å². The van der Waals surface area contributed by atoms with E-state index in [-0.39, 0.29) is 5.92 Å². The van der Waals surface area contributed by atoms with Gasteiger partial charge in [-0.15, -0.1) is 0 Å². The number of carboxylic acids is 1. The lowest BCUT2D eigenvalue weighted by Gasteiger charge is -2.16. The van der Waals surface area contributed by atoms with Gasteiger partial charge in [-0.1, -0.05) is 13.8 Å². The molecule has 4 nitrogen and oxygen atoms in total. The van der Waals surface area contributed by atoms with E-state index in [0.717, 1.165) is 16.5 Å². The molecule has 1 N–H and O–H groups in total. The third-order valence-electron chi connectivity index (χ3n) is 2.80. The van der Waals surface area contributed by atoms with E-state index in [2.05, 4.69) is 9.97 Å². The summed E-state index contributed by atoms with van der Waals surface area (Å²) in [5.41, 5.74) is 1.52. The number of fused-ring (bicyclic) bond motifs is 1. The van der Waals surface area contributed by atoms with Gasteiger partial charge in [0.2, 0.25) is 0 Å². The molecule has 0 aliphatic rings. The van der Waals surface area contributed by atoms with Crippen molar-refractivity contribution in [2.45, 2.75) is 19.8 Å².